The van der Waals surface area contributed by atoms with Crippen LogP contribution in [-0.4, -0.2) is 59.6 Å². The van der Waals surface area contributed by atoms with Crippen LogP contribution in [0.25, 0.3) is 33.6 Å². The number of hydrogen-bond acceptors (Lipinski definition) is 5. The summed E-state index contributed by atoms with van der Waals surface area (Å²) in [7, 11) is 1.89. The van der Waals surface area contributed by atoms with Crippen molar-refractivity contribution < 1.29 is 9.18 Å². The first kappa shape index (κ1) is 21.0. The molecule has 1 fully saturated rings. The van der Waals surface area contributed by atoms with Gasteiger partial charge in [0.15, 0.2) is 5.82 Å². The van der Waals surface area contributed by atoms with Crippen LogP contribution in [0, 0.1) is 0 Å². The first-order valence-corrected chi connectivity index (χ1v) is 10.8. The van der Waals surface area contributed by atoms with Crippen molar-refractivity contribution in [2.45, 2.75) is 25.6 Å². The van der Waals surface area contributed by atoms with Crippen LogP contribution in [0.3, 0.4) is 0 Å². The Bertz CT molecular complexity index is 1280. The molecule has 8 nitrogen and oxygen atoms in total. The number of piperidine rings is 1. The predicted molar refractivity (Wildman–Crippen MR) is 122 cm³/mol. The Morgan fingerprint density at radius 3 is 2.39 bits per heavy atom. The molecule has 1 saturated heterocycles. The number of nitrogens with zero attached hydrogens (tertiary/aromatic N) is 7. The molecule has 0 N–H and O–H groups in total. The van der Waals surface area contributed by atoms with E-state index in [0.29, 0.717) is 18.8 Å². The number of halogens is 1. The SMILES string of the molecule is CC(=O)N1CC[C@H](n2cc(-c3cnc(-c4cccc(-c5cnn(C)c5)c4)nc3)cn2)[C@H](F)C1. The molecule has 0 aliphatic carbocycles. The summed E-state index contributed by atoms with van der Waals surface area (Å²) in [6, 6.07) is 7.64. The second kappa shape index (κ2) is 8.57. The van der Waals surface area contributed by atoms with Gasteiger partial charge in [0.05, 0.1) is 25.0 Å². The van der Waals surface area contributed by atoms with Crippen molar-refractivity contribution in [1.82, 2.24) is 34.4 Å². The van der Waals surface area contributed by atoms with E-state index in [0.717, 1.165) is 27.8 Å². The predicted octanol–water partition coefficient (Wildman–Crippen LogP) is 3.54. The summed E-state index contributed by atoms with van der Waals surface area (Å²) < 4.78 is 18.1. The molecule has 1 aromatic carbocycles. The molecule has 9 heteroatoms. The van der Waals surface area contributed by atoms with Crippen molar-refractivity contribution in [3.8, 4) is 33.6 Å². The molecule has 3 aromatic heterocycles. The molecule has 0 spiro atoms. The number of alkyl halides is 1. The largest absolute Gasteiger partial charge is 0.340 e. The van der Waals surface area contributed by atoms with E-state index in [1.807, 2.05) is 49.9 Å². The Hall–Kier alpha value is -3.88. The van der Waals surface area contributed by atoms with E-state index in [-0.39, 0.29) is 18.5 Å². The van der Waals surface area contributed by atoms with Crippen molar-refractivity contribution in [1.29, 1.82) is 0 Å². The van der Waals surface area contributed by atoms with Crippen LogP contribution >= 0.6 is 0 Å². The smallest absolute Gasteiger partial charge is 0.219 e. The van der Waals surface area contributed by atoms with E-state index in [1.54, 1.807) is 32.9 Å². The number of rotatable bonds is 4. The van der Waals surface area contributed by atoms with Gasteiger partial charge >= 0.3 is 0 Å². The van der Waals surface area contributed by atoms with Crippen LogP contribution in [0.2, 0.25) is 0 Å². The molecule has 0 radical (unpaired) electrons. The molecular formula is C24H24FN7O. The molecule has 4 heterocycles. The van der Waals surface area contributed by atoms with E-state index >= 15 is 0 Å². The fraction of sp³-hybridized carbons (Fsp3) is 0.292. The van der Waals surface area contributed by atoms with Crippen molar-refractivity contribution in [2.24, 2.45) is 7.05 Å². The standard InChI is InChI=1S/C24H24FN7O/c1-16(33)31-7-6-23(22(25)15-31)32-14-21(12-29-32)19-9-26-24(27-10-19)18-5-3-4-17(8-18)20-11-28-30(2)13-20/h3-5,8-14,22-23H,6-7,15H2,1-2H3/t22-,23+/m1/s1. The lowest BCUT2D eigenvalue weighted by Crippen LogP contribution is -2.44. The highest BCUT2D eigenvalue weighted by Gasteiger charge is 2.32. The molecule has 168 valence electrons. The van der Waals surface area contributed by atoms with E-state index in [4.69, 9.17) is 0 Å². The van der Waals surface area contributed by atoms with Gasteiger partial charge in [-0.1, -0.05) is 18.2 Å². The Morgan fingerprint density at radius 2 is 1.70 bits per heavy atom. The van der Waals surface area contributed by atoms with Gasteiger partial charge in [0.25, 0.3) is 0 Å². The maximum absolute atomic E-state index is 14.7. The number of aromatic nitrogens is 6. The molecule has 1 aliphatic heterocycles. The van der Waals surface area contributed by atoms with Crippen molar-refractivity contribution in [3.05, 3.63) is 61.4 Å². The lowest BCUT2D eigenvalue weighted by Gasteiger charge is -2.34. The summed E-state index contributed by atoms with van der Waals surface area (Å²) in [6.45, 7) is 2.11. The van der Waals surface area contributed by atoms with Crippen LogP contribution in [0.15, 0.2) is 61.4 Å². The van der Waals surface area contributed by atoms with Gasteiger partial charge in [0.2, 0.25) is 5.91 Å². The van der Waals surface area contributed by atoms with Gasteiger partial charge in [-0.3, -0.25) is 14.2 Å². The van der Waals surface area contributed by atoms with Gasteiger partial charge < -0.3 is 4.90 Å². The highest BCUT2D eigenvalue weighted by Crippen LogP contribution is 2.28. The zero-order chi connectivity index (χ0) is 22.9. The lowest BCUT2D eigenvalue weighted by atomic mass is 10.0. The fourth-order valence-electron chi connectivity index (χ4n) is 4.18. The number of carbonyl (C=O) groups is 1. The summed E-state index contributed by atoms with van der Waals surface area (Å²) >= 11 is 0. The molecule has 33 heavy (non-hydrogen) atoms. The fourth-order valence-corrected chi connectivity index (χ4v) is 4.18. The minimum atomic E-state index is -1.15. The number of likely N-dealkylation sites (tertiary alicyclic amines) is 1. The van der Waals surface area contributed by atoms with Crippen molar-refractivity contribution >= 4 is 5.91 Å². The third kappa shape index (κ3) is 4.26. The molecule has 0 unspecified atom stereocenters. The third-order valence-electron chi connectivity index (χ3n) is 6.04. The zero-order valence-electron chi connectivity index (χ0n) is 18.5. The average Bonchev–Trinajstić information content (AvgIpc) is 3.49. The summed E-state index contributed by atoms with van der Waals surface area (Å²) in [6.07, 6.45) is 10.2. The van der Waals surface area contributed by atoms with Gasteiger partial charge in [-0.25, -0.2) is 14.4 Å². The second-order valence-electron chi connectivity index (χ2n) is 8.32. The Kier molecular flexibility index (Phi) is 5.45. The second-order valence-corrected chi connectivity index (χ2v) is 8.32. The Labute approximate surface area is 190 Å². The molecular weight excluding hydrogens is 421 g/mol. The van der Waals surface area contributed by atoms with Gasteiger partial charge in [-0.2, -0.15) is 10.2 Å². The molecule has 1 aliphatic rings. The molecule has 4 aromatic rings. The van der Waals surface area contributed by atoms with Crippen LogP contribution < -0.4 is 0 Å². The average molecular weight is 446 g/mol. The normalized spacial score (nSPS) is 18.5. The number of aryl methyl sites for hydroxylation is 1. The van der Waals surface area contributed by atoms with Gasteiger partial charge in [-0.15, -0.1) is 0 Å². The van der Waals surface area contributed by atoms with Crippen LogP contribution in [0.5, 0.6) is 0 Å². The van der Waals surface area contributed by atoms with Crippen LogP contribution in [-0.2, 0) is 11.8 Å². The van der Waals surface area contributed by atoms with Crippen LogP contribution in [0.1, 0.15) is 19.4 Å². The van der Waals surface area contributed by atoms with Gasteiger partial charge in [0, 0.05) is 67.6 Å². The van der Waals surface area contributed by atoms with Crippen molar-refractivity contribution in [2.75, 3.05) is 13.1 Å². The third-order valence-corrected chi connectivity index (χ3v) is 6.04. The van der Waals surface area contributed by atoms with E-state index < -0.39 is 6.17 Å². The van der Waals surface area contributed by atoms with E-state index in [9.17, 15) is 9.18 Å². The number of carbonyl (C=O) groups excluding carboxylic acids is 1. The zero-order valence-corrected chi connectivity index (χ0v) is 18.5. The van der Waals surface area contributed by atoms with E-state index in [1.165, 1.54) is 6.92 Å². The molecule has 1 amide bonds. The Morgan fingerprint density at radius 1 is 0.970 bits per heavy atom. The minimum absolute atomic E-state index is 0.0968. The Balaban J connectivity index is 1.33. The summed E-state index contributed by atoms with van der Waals surface area (Å²) in [5.74, 6) is 0.526. The summed E-state index contributed by atoms with van der Waals surface area (Å²) in [5, 5.41) is 8.60. The number of hydrogen-bond donors (Lipinski definition) is 0. The maximum atomic E-state index is 14.7. The first-order chi connectivity index (χ1) is 16.0. The monoisotopic (exact) mass is 445 g/mol. The topological polar surface area (TPSA) is 81.7 Å². The lowest BCUT2D eigenvalue weighted by molar-refractivity contribution is -0.131. The maximum Gasteiger partial charge on any atom is 0.219 e. The summed E-state index contributed by atoms with van der Waals surface area (Å²) in [4.78, 5) is 22.1. The molecule has 0 saturated carbocycles. The van der Waals surface area contributed by atoms with Gasteiger partial charge in [0.1, 0.15) is 6.17 Å². The van der Waals surface area contributed by atoms with Crippen LogP contribution in [0.4, 0.5) is 4.39 Å². The first-order valence-electron chi connectivity index (χ1n) is 10.8. The van der Waals surface area contributed by atoms with Crippen molar-refractivity contribution in [3.63, 3.8) is 0 Å². The molecule has 0 bridgehead atoms. The molecule has 5 rings (SSSR count). The highest BCUT2D eigenvalue weighted by atomic mass is 19.1. The minimum Gasteiger partial charge on any atom is -0.340 e. The quantitative estimate of drug-likeness (QED) is 0.480. The highest BCUT2D eigenvalue weighted by molar-refractivity contribution is 5.73. The number of benzene rings is 1. The summed E-state index contributed by atoms with van der Waals surface area (Å²) in [5.41, 5.74) is 4.63. The van der Waals surface area contributed by atoms with Gasteiger partial charge in [-0.05, 0) is 18.1 Å². The number of amides is 1. The molecule has 2 atom stereocenters. The van der Waals surface area contributed by atoms with E-state index in [2.05, 4.69) is 20.2 Å².